The van der Waals surface area contributed by atoms with Crippen LogP contribution in [0.3, 0.4) is 0 Å². The summed E-state index contributed by atoms with van der Waals surface area (Å²) in [6, 6.07) is 5.55. The molecule has 0 aromatic heterocycles. The van der Waals surface area contributed by atoms with Gasteiger partial charge in [0.05, 0.1) is 6.54 Å². The van der Waals surface area contributed by atoms with Gasteiger partial charge in [-0.15, -0.1) is 0 Å². The first-order valence-corrected chi connectivity index (χ1v) is 6.48. The number of ether oxygens (including phenoxy) is 2. The number of cyclic esters (lactones) is 1. The molecule has 1 aliphatic heterocycles. The standard InChI is InChI=1S/C12H15BrN2O3/c1-7(14)10-4-8(13)2-3-11(10)17-6-9-5-15-12(16)18-9/h2-4,7,9H,5-6,14H2,1H3,(H,15,16)/t7-,9?/m0/s1. The molecule has 18 heavy (non-hydrogen) atoms. The molecule has 1 aromatic carbocycles. The highest BCUT2D eigenvalue weighted by Crippen LogP contribution is 2.27. The number of alkyl carbamates (subject to hydrolysis) is 1. The number of nitrogens with one attached hydrogen (secondary N) is 1. The van der Waals surface area contributed by atoms with Crippen LogP contribution in [-0.2, 0) is 4.74 Å². The average molecular weight is 315 g/mol. The lowest BCUT2D eigenvalue weighted by atomic mass is 10.1. The molecule has 2 rings (SSSR count). The Balaban J connectivity index is 2.02. The van der Waals surface area contributed by atoms with E-state index in [1.54, 1.807) is 0 Å². The molecule has 5 nitrogen and oxygen atoms in total. The highest BCUT2D eigenvalue weighted by atomic mass is 79.9. The molecule has 1 aliphatic rings. The molecule has 2 atom stereocenters. The minimum atomic E-state index is -0.396. The molecule has 0 bridgehead atoms. The molecule has 0 aliphatic carbocycles. The largest absolute Gasteiger partial charge is 0.489 e. The zero-order chi connectivity index (χ0) is 13.1. The van der Waals surface area contributed by atoms with E-state index in [9.17, 15) is 4.79 Å². The van der Waals surface area contributed by atoms with E-state index in [-0.39, 0.29) is 12.1 Å². The SMILES string of the molecule is C[C@H](N)c1cc(Br)ccc1OCC1CNC(=O)O1. The Kier molecular flexibility index (Phi) is 4.08. The monoisotopic (exact) mass is 314 g/mol. The van der Waals surface area contributed by atoms with Crippen molar-refractivity contribution in [1.82, 2.24) is 5.32 Å². The third kappa shape index (κ3) is 3.14. The summed E-state index contributed by atoms with van der Waals surface area (Å²) in [6.07, 6.45) is -0.645. The van der Waals surface area contributed by atoms with E-state index >= 15 is 0 Å². The van der Waals surface area contributed by atoms with Gasteiger partial charge in [0.15, 0.2) is 6.10 Å². The van der Waals surface area contributed by atoms with E-state index in [0.29, 0.717) is 13.2 Å². The van der Waals surface area contributed by atoms with Gasteiger partial charge in [-0.1, -0.05) is 15.9 Å². The number of rotatable bonds is 4. The minimum Gasteiger partial charge on any atom is -0.489 e. The van der Waals surface area contributed by atoms with Crippen LogP contribution in [0.25, 0.3) is 0 Å². The first kappa shape index (κ1) is 13.2. The maximum Gasteiger partial charge on any atom is 0.407 e. The Labute approximate surface area is 114 Å². The second-order valence-electron chi connectivity index (χ2n) is 4.19. The fraction of sp³-hybridized carbons (Fsp3) is 0.417. The molecule has 1 fully saturated rings. The van der Waals surface area contributed by atoms with Crippen molar-refractivity contribution < 1.29 is 14.3 Å². The van der Waals surface area contributed by atoms with Crippen molar-refractivity contribution >= 4 is 22.0 Å². The van der Waals surface area contributed by atoms with Gasteiger partial charge in [-0.05, 0) is 25.1 Å². The quantitative estimate of drug-likeness (QED) is 0.891. The Morgan fingerprint density at radius 1 is 1.67 bits per heavy atom. The number of nitrogens with two attached hydrogens (primary N) is 1. The summed E-state index contributed by atoms with van der Waals surface area (Å²) in [5, 5.41) is 2.58. The van der Waals surface area contributed by atoms with Crippen LogP contribution in [0.1, 0.15) is 18.5 Å². The van der Waals surface area contributed by atoms with E-state index in [0.717, 1.165) is 15.8 Å². The second kappa shape index (κ2) is 5.58. The highest BCUT2D eigenvalue weighted by Gasteiger charge is 2.23. The van der Waals surface area contributed by atoms with Crippen molar-refractivity contribution in [2.24, 2.45) is 5.73 Å². The molecule has 1 aromatic rings. The van der Waals surface area contributed by atoms with Crippen molar-refractivity contribution in [3.05, 3.63) is 28.2 Å². The molecule has 6 heteroatoms. The van der Waals surface area contributed by atoms with Crippen LogP contribution in [0.2, 0.25) is 0 Å². The molecule has 0 saturated carbocycles. The number of amides is 1. The van der Waals surface area contributed by atoms with Crippen LogP contribution < -0.4 is 15.8 Å². The van der Waals surface area contributed by atoms with Gasteiger partial charge in [0, 0.05) is 16.1 Å². The number of hydrogen-bond donors (Lipinski definition) is 2. The lowest BCUT2D eigenvalue weighted by Gasteiger charge is -2.16. The van der Waals surface area contributed by atoms with Gasteiger partial charge in [-0.3, -0.25) is 0 Å². The summed E-state index contributed by atoms with van der Waals surface area (Å²) in [5.41, 5.74) is 6.81. The Hall–Kier alpha value is -1.27. The van der Waals surface area contributed by atoms with Crippen molar-refractivity contribution in [1.29, 1.82) is 0 Å². The van der Waals surface area contributed by atoms with Crippen molar-refractivity contribution in [3.63, 3.8) is 0 Å². The minimum absolute atomic E-state index is 0.123. The van der Waals surface area contributed by atoms with E-state index in [1.807, 2.05) is 25.1 Å². The highest BCUT2D eigenvalue weighted by molar-refractivity contribution is 9.10. The van der Waals surface area contributed by atoms with Crippen molar-refractivity contribution in [2.45, 2.75) is 19.1 Å². The van der Waals surface area contributed by atoms with Crippen LogP contribution in [0.15, 0.2) is 22.7 Å². The maximum atomic E-state index is 10.9. The normalized spacial score (nSPS) is 20.2. The molecule has 0 spiro atoms. The third-order valence-corrected chi connectivity index (χ3v) is 3.13. The number of carbonyl (C=O) groups is 1. The molecular weight excluding hydrogens is 300 g/mol. The molecule has 3 N–H and O–H groups in total. The predicted molar refractivity (Wildman–Crippen MR) is 70.5 cm³/mol. The molecule has 98 valence electrons. The number of hydrogen-bond acceptors (Lipinski definition) is 4. The summed E-state index contributed by atoms with van der Waals surface area (Å²) < 4.78 is 11.6. The van der Waals surface area contributed by atoms with E-state index in [4.69, 9.17) is 15.2 Å². The van der Waals surface area contributed by atoms with Crippen LogP contribution in [0.5, 0.6) is 5.75 Å². The lowest BCUT2D eigenvalue weighted by Crippen LogP contribution is -2.22. The van der Waals surface area contributed by atoms with Gasteiger partial charge in [0.25, 0.3) is 0 Å². The molecule has 1 amide bonds. The van der Waals surface area contributed by atoms with Crippen molar-refractivity contribution in [2.75, 3.05) is 13.2 Å². The van der Waals surface area contributed by atoms with Crippen LogP contribution in [-0.4, -0.2) is 25.3 Å². The summed E-state index contributed by atoms with van der Waals surface area (Å²) >= 11 is 3.40. The first-order chi connectivity index (χ1) is 8.56. The maximum absolute atomic E-state index is 10.9. The third-order valence-electron chi connectivity index (χ3n) is 2.63. The number of benzene rings is 1. The Morgan fingerprint density at radius 2 is 2.44 bits per heavy atom. The van der Waals surface area contributed by atoms with Crippen molar-refractivity contribution in [3.8, 4) is 5.75 Å². The van der Waals surface area contributed by atoms with E-state index in [2.05, 4.69) is 21.2 Å². The fourth-order valence-corrected chi connectivity index (χ4v) is 2.09. The second-order valence-corrected chi connectivity index (χ2v) is 5.11. The van der Waals surface area contributed by atoms with Crippen LogP contribution >= 0.6 is 15.9 Å². The molecule has 1 unspecified atom stereocenters. The lowest BCUT2D eigenvalue weighted by molar-refractivity contribution is 0.104. The van der Waals surface area contributed by atoms with Gasteiger partial charge in [0.1, 0.15) is 12.4 Å². The average Bonchev–Trinajstić information content (AvgIpc) is 2.73. The first-order valence-electron chi connectivity index (χ1n) is 5.68. The molecule has 1 saturated heterocycles. The predicted octanol–water partition coefficient (Wildman–Crippen LogP) is 1.96. The fourth-order valence-electron chi connectivity index (χ4n) is 1.71. The molecular formula is C12H15BrN2O3. The summed E-state index contributed by atoms with van der Waals surface area (Å²) in [7, 11) is 0. The summed E-state index contributed by atoms with van der Waals surface area (Å²) in [6.45, 7) is 2.69. The van der Waals surface area contributed by atoms with Gasteiger partial charge < -0.3 is 20.5 Å². The van der Waals surface area contributed by atoms with Gasteiger partial charge in [-0.2, -0.15) is 0 Å². The zero-order valence-electron chi connectivity index (χ0n) is 9.98. The molecule has 1 heterocycles. The topological polar surface area (TPSA) is 73.6 Å². The van der Waals surface area contributed by atoms with Crippen LogP contribution in [0.4, 0.5) is 4.79 Å². The summed E-state index contributed by atoms with van der Waals surface area (Å²) in [5.74, 6) is 0.719. The number of carbonyl (C=O) groups excluding carboxylic acids is 1. The summed E-state index contributed by atoms with van der Waals surface area (Å²) in [4.78, 5) is 10.9. The smallest absolute Gasteiger partial charge is 0.407 e. The van der Waals surface area contributed by atoms with Crippen LogP contribution in [0, 0.1) is 0 Å². The van der Waals surface area contributed by atoms with E-state index < -0.39 is 6.09 Å². The van der Waals surface area contributed by atoms with E-state index in [1.165, 1.54) is 0 Å². The zero-order valence-corrected chi connectivity index (χ0v) is 11.6. The number of halogens is 1. The van der Waals surface area contributed by atoms with Gasteiger partial charge in [-0.25, -0.2) is 4.79 Å². The van der Waals surface area contributed by atoms with Gasteiger partial charge in [0.2, 0.25) is 0 Å². The Bertz CT molecular complexity index is 451. The Morgan fingerprint density at radius 3 is 3.06 bits per heavy atom. The molecule has 0 radical (unpaired) electrons. The van der Waals surface area contributed by atoms with Gasteiger partial charge >= 0.3 is 6.09 Å².